The number of nitrogens with zero attached hydrogens (tertiary/aromatic N) is 2. The number of urea groups is 1. The first-order chi connectivity index (χ1) is 8.48. The fourth-order valence-corrected chi connectivity index (χ4v) is 2.38. The zero-order valence-corrected chi connectivity index (χ0v) is 10.8. The highest BCUT2D eigenvalue weighted by molar-refractivity contribution is 5.89. The van der Waals surface area contributed by atoms with Gasteiger partial charge in [0.1, 0.15) is 0 Å². The lowest BCUT2D eigenvalue weighted by Crippen LogP contribution is -2.49. The molecule has 0 radical (unpaired) electrons. The SMILES string of the molecule is CC(C)(O)C1CCCN1C(=O)Nc1cccnc1. The van der Waals surface area contributed by atoms with Gasteiger partial charge >= 0.3 is 6.03 Å². The fraction of sp³-hybridized carbons (Fsp3) is 0.538. The first kappa shape index (κ1) is 12.8. The number of carbonyl (C=O) groups is 1. The van der Waals surface area contributed by atoms with Crippen LogP contribution in [0.1, 0.15) is 26.7 Å². The summed E-state index contributed by atoms with van der Waals surface area (Å²) in [5.74, 6) is 0. The highest BCUT2D eigenvalue weighted by Crippen LogP contribution is 2.27. The molecule has 5 nitrogen and oxygen atoms in total. The molecule has 2 amide bonds. The Labute approximate surface area is 107 Å². The molecule has 5 heteroatoms. The standard InChI is InChI=1S/C13H19N3O2/c1-13(2,18)11-6-4-8-16(11)12(17)15-10-5-3-7-14-9-10/h3,5,7,9,11,18H,4,6,8H2,1-2H3,(H,15,17). The highest BCUT2D eigenvalue weighted by Gasteiger charge is 2.38. The average Bonchev–Trinajstić information content (AvgIpc) is 2.79. The molecule has 98 valence electrons. The van der Waals surface area contributed by atoms with Crippen molar-refractivity contribution in [2.75, 3.05) is 11.9 Å². The van der Waals surface area contributed by atoms with E-state index < -0.39 is 5.60 Å². The van der Waals surface area contributed by atoms with Gasteiger partial charge in [-0.1, -0.05) is 0 Å². The molecule has 1 aliphatic rings. The summed E-state index contributed by atoms with van der Waals surface area (Å²) in [4.78, 5) is 17.8. The zero-order chi connectivity index (χ0) is 13.2. The minimum atomic E-state index is -0.872. The molecule has 1 fully saturated rings. The quantitative estimate of drug-likeness (QED) is 0.840. The molecule has 18 heavy (non-hydrogen) atoms. The van der Waals surface area contributed by atoms with Crippen molar-refractivity contribution < 1.29 is 9.90 Å². The molecule has 0 aliphatic carbocycles. The maximum Gasteiger partial charge on any atom is 0.322 e. The van der Waals surface area contributed by atoms with E-state index in [1.165, 1.54) is 0 Å². The van der Waals surface area contributed by atoms with Crippen LogP contribution in [0.3, 0.4) is 0 Å². The van der Waals surface area contributed by atoms with Gasteiger partial charge in [-0.15, -0.1) is 0 Å². The summed E-state index contributed by atoms with van der Waals surface area (Å²) >= 11 is 0. The lowest BCUT2D eigenvalue weighted by atomic mass is 9.97. The summed E-state index contributed by atoms with van der Waals surface area (Å²) in [6.07, 6.45) is 5.03. The van der Waals surface area contributed by atoms with Gasteiger partial charge < -0.3 is 15.3 Å². The molecule has 1 saturated heterocycles. The first-order valence-corrected chi connectivity index (χ1v) is 6.18. The number of nitrogens with one attached hydrogen (secondary N) is 1. The summed E-state index contributed by atoms with van der Waals surface area (Å²) in [6.45, 7) is 4.17. The number of rotatable bonds is 2. The van der Waals surface area contributed by atoms with Crippen LogP contribution in [0.25, 0.3) is 0 Å². The Morgan fingerprint density at radius 1 is 1.61 bits per heavy atom. The molecule has 1 aromatic heterocycles. The second kappa shape index (κ2) is 4.94. The van der Waals surface area contributed by atoms with E-state index in [1.807, 2.05) is 0 Å². The van der Waals surface area contributed by atoms with E-state index in [1.54, 1.807) is 43.3 Å². The largest absolute Gasteiger partial charge is 0.388 e. The van der Waals surface area contributed by atoms with E-state index >= 15 is 0 Å². The second-order valence-corrected chi connectivity index (χ2v) is 5.18. The van der Waals surface area contributed by atoms with Gasteiger partial charge in [-0.05, 0) is 38.8 Å². The third-order valence-electron chi connectivity index (χ3n) is 3.24. The Kier molecular flexibility index (Phi) is 3.52. The van der Waals surface area contributed by atoms with Crippen molar-refractivity contribution in [1.82, 2.24) is 9.88 Å². The number of pyridine rings is 1. The molecule has 2 N–H and O–H groups in total. The van der Waals surface area contributed by atoms with Crippen molar-refractivity contribution >= 4 is 11.7 Å². The summed E-state index contributed by atoms with van der Waals surface area (Å²) in [5.41, 5.74) is -0.202. The van der Waals surface area contributed by atoms with Crippen LogP contribution >= 0.6 is 0 Å². The predicted molar refractivity (Wildman–Crippen MR) is 69.3 cm³/mol. The van der Waals surface area contributed by atoms with Gasteiger partial charge in [0.25, 0.3) is 0 Å². The molecule has 1 aromatic rings. The maximum atomic E-state index is 12.1. The number of anilines is 1. The molecule has 1 aliphatic heterocycles. The Bertz CT molecular complexity index is 414. The van der Waals surface area contributed by atoms with Gasteiger partial charge in [-0.25, -0.2) is 4.79 Å². The van der Waals surface area contributed by atoms with Gasteiger partial charge in [0.2, 0.25) is 0 Å². The summed E-state index contributed by atoms with van der Waals surface area (Å²) in [5, 5.41) is 12.9. The maximum absolute atomic E-state index is 12.1. The van der Waals surface area contributed by atoms with Crippen LogP contribution in [-0.2, 0) is 0 Å². The Hall–Kier alpha value is -1.62. The molecule has 2 heterocycles. The Morgan fingerprint density at radius 2 is 2.39 bits per heavy atom. The predicted octanol–water partition coefficient (Wildman–Crippen LogP) is 1.85. The van der Waals surface area contributed by atoms with Crippen LogP contribution in [0, 0.1) is 0 Å². The number of hydrogen-bond donors (Lipinski definition) is 2. The normalized spacial score (nSPS) is 19.9. The van der Waals surface area contributed by atoms with Crippen molar-refractivity contribution in [3.63, 3.8) is 0 Å². The second-order valence-electron chi connectivity index (χ2n) is 5.18. The number of carbonyl (C=O) groups excluding carboxylic acids is 1. The van der Waals surface area contributed by atoms with E-state index in [0.717, 1.165) is 12.8 Å². The topological polar surface area (TPSA) is 65.5 Å². The van der Waals surface area contributed by atoms with Gasteiger partial charge in [-0.2, -0.15) is 0 Å². The third-order valence-corrected chi connectivity index (χ3v) is 3.24. The van der Waals surface area contributed by atoms with Crippen molar-refractivity contribution in [3.05, 3.63) is 24.5 Å². The van der Waals surface area contributed by atoms with Crippen molar-refractivity contribution in [2.45, 2.75) is 38.3 Å². The Balaban J connectivity index is 2.05. The first-order valence-electron chi connectivity index (χ1n) is 6.18. The molecular weight excluding hydrogens is 230 g/mol. The monoisotopic (exact) mass is 249 g/mol. The van der Waals surface area contributed by atoms with E-state index in [0.29, 0.717) is 12.2 Å². The minimum absolute atomic E-state index is 0.130. The molecule has 0 aromatic carbocycles. The van der Waals surface area contributed by atoms with Crippen LogP contribution in [0.4, 0.5) is 10.5 Å². The van der Waals surface area contributed by atoms with Gasteiger partial charge in [0.05, 0.1) is 23.5 Å². The summed E-state index contributed by atoms with van der Waals surface area (Å²) in [6, 6.07) is 3.26. The zero-order valence-electron chi connectivity index (χ0n) is 10.8. The van der Waals surface area contributed by atoms with Crippen molar-refractivity contribution in [2.24, 2.45) is 0 Å². The van der Waals surface area contributed by atoms with E-state index in [-0.39, 0.29) is 12.1 Å². The highest BCUT2D eigenvalue weighted by atomic mass is 16.3. The molecule has 0 spiro atoms. The van der Waals surface area contributed by atoms with E-state index in [9.17, 15) is 9.90 Å². The molecule has 1 atom stereocenters. The number of likely N-dealkylation sites (tertiary alicyclic amines) is 1. The van der Waals surface area contributed by atoms with Gasteiger partial charge in [0, 0.05) is 12.7 Å². The van der Waals surface area contributed by atoms with Crippen LogP contribution in [-0.4, -0.2) is 39.2 Å². The number of hydrogen-bond acceptors (Lipinski definition) is 3. The van der Waals surface area contributed by atoms with Crippen LogP contribution in [0.2, 0.25) is 0 Å². The number of amides is 2. The fourth-order valence-electron chi connectivity index (χ4n) is 2.38. The molecule has 0 bridgehead atoms. The average molecular weight is 249 g/mol. The van der Waals surface area contributed by atoms with Crippen molar-refractivity contribution in [1.29, 1.82) is 0 Å². The minimum Gasteiger partial charge on any atom is -0.388 e. The lowest BCUT2D eigenvalue weighted by Gasteiger charge is -2.33. The van der Waals surface area contributed by atoms with Gasteiger partial charge in [0.15, 0.2) is 0 Å². The number of aliphatic hydroxyl groups is 1. The number of aromatic nitrogens is 1. The summed E-state index contributed by atoms with van der Waals surface area (Å²) < 4.78 is 0. The smallest absolute Gasteiger partial charge is 0.322 e. The van der Waals surface area contributed by atoms with Crippen LogP contribution in [0.15, 0.2) is 24.5 Å². The van der Waals surface area contributed by atoms with E-state index in [2.05, 4.69) is 10.3 Å². The Morgan fingerprint density at radius 3 is 3.00 bits per heavy atom. The summed E-state index contributed by atoms with van der Waals surface area (Å²) in [7, 11) is 0. The van der Waals surface area contributed by atoms with Crippen LogP contribution in [0.5, 0.6) is 0 Å². The molecule has 1 unspecified atom stereocenters. The van der Waals surface area contributed by atoms with E-state index in [4.69, 9.17) is 0 Å². The van der Waals surface area contributed by atoms with Crippen LogP contribution < -0.4 is 5.32 Å². The van der Waals surface area contributed by atoms with Crippen molar-refractivity contribution in [3.8, 4) is 0 Å². The molecular formula is C13H19N3O2. The van der Waals surface area contributed by atoms with Gasteiger partial charge in [-0.3, -0.25) is 4.98 Å². The lowest BCUT2D eigenvalue weighted by molar-refractivity contribution is 0.0117. The molecule has 2 rings (SSSR count). The molecule has 0 saturated carbocycles. The third kappa shape index (κ3) is 2.79.